The molecule has 3 aromatic carbocycles. The lowest BCUT2D eigenvalue weighted by Crippen LogP contribution is -2.42. The maximum atomic E-state index is 12.5. The molecule has 31 heavy (non-hydrogen) atoms. The van der Waals surface area contributed by atoms with Crippen molar-refractivity contribution < 1.29 is 9.53 Å². The van der Waals surface area contributed by atoms with E-state index in [1.165, 1.54) is 5.56 Å². The van der Waals surface area contributed by atoms with Gasteiger partial charge in [-0.15, -0.1) is 0 Å². The number of benzene rings is 3. The minimum absolute atomic E-state index is 0.0964. The lowest BCUT2D eigenvalue weighted by Gasteiger charge is -2.17. The Morgan fingerprint density at radius 3 is 2.68 bits per heavy atom. The Labute approximate surface area is 183 Å². The van der Waals surface area contributed by atoms with Gasteiger partial charge in [0.05, 0.1) is 6.04 Å². The van der Waals surface area contributed by atoms with Gasteiger partial charge in [0.25, 0.3) is 0 Å². The molecule has 1 amide bonds. The van der Waals surface area contributed by atoms with Crippen LogP contribution in [0.25, 0.3) is 0 Å². The fraction of sp³-hybridized carbons (Fsp3) is 0.269. The quantitative estimate of drug-likeness (QED) is 0.496. The molecule has 0 radical (unpaired) electrons. The zero-order valence-electron chi connectivity index (χ0n) is 17.6. The van der Waals surface area contributed by atoms with Crippen LogP contribution in [0.2, 0.25) is 0 Å². The van der Waals surface area contributed by atoms with E-state index in [0.29, 0.717) is 19.6 Å². The fourth-order valence-electron chi connectivity index (χ4n) is 3.97. The van der Waals surface area contributed by atoms with E-state index < -0.39 is 6.04 Å². The second-order valence-corrected chi connectivity index (χ2v) is 7.97. The third-order valence-electron chi connectivity index (χ3n) is 5.67. The highest BCUT2D eigenvalue weighted by molar-refractivity contribution is 5.81. The third-order valence-corrected chi connectivity index (χ3v) is 5.67. The fourth-order valence-corrected chi connectivity index (χ4v) is 3.97. The van der Waals surface area contributed by atoms with Crippen LogP contribution in [-0.4, -0.2) is 25.0 Å². The summed E-state index contributed by atoms with van der Waals surface area (Å²) in [6.07, 6.45) is 1.37. The first kappa shape index (κ1) is 20.9. The van der Waals surface area contributed by atoms with Gasteiger partial charge in [0.2, 0.25) is 5.91 Å². The molecule has 3 aromatic rings. The van der Waals surface area contributed by atoms with E-state index in [0.717, 1.165) is 35.5 Å². The molecule has 0 aromatic heterocycles. The van der Waals surface area contributed by atoms with Crippen molar-refractivity contribution in [3.8, 4) is 5.75 Å². The number of nitrogens with one attached hydrogen (secondary N) is 2. The van der Waals surface area contributed by atoms with Crippen LogP contribution < -0.4 is 21.1 Å². The van der Waals surface area contributed by atoms with E-state index in [2.05, 4.69) is 22.8 Å². The van der Waals surface area contributed by atoms with Gasteiger partial charge >= 0.3 is 0 Å². The first-order valence-corrected chi connectivity index (χ1v) is 10.8. The molecule has 4 N–H and O–H groups in total. The summed E-state index contributed by atoms with van der Waals surface area (Å²) in [6.45, 7) is 1.92. The van der Waals surface area contributed by atoms with Crippen LogP contribution >= 0.6 is 0 Å². The molecule has 1 heterocycles. The Morgan fingerprint density at radius 2 is 1.81 bits per heavy atom. The zero-order chi connectivity index (χ0) is 21.5. The van der Waals surface area contributed by atoms with Crippen molar-refractivity contribution in [2.24, 2.45) is 5.73 Å². The van der Waals surface area contributed by atoms with Gasteiger partial charge in [-0.05, 0) is 47.7 Å². The summed E-state index contributed by atoms with van der Waals surface area (Å²) >= 11 is 0. The Balaban J connectivity index is 1.22. The molecule has 1 aliphatic rings. The Bertz CT molecular complexity index is 1010. The number of anilines is 1. The van der Waals surface area contributed by atoms with E-state index in [4.69, 9.17) is 10.5 Å². The van der Waals surface area contributed by atoms with Crippen LogP contribution in [0.3, 0.4) is 0 Å². The van der Waals surface area contributed by atoms with E-state index in [1.807, 2.05) is 66.7 Å². The number of hydrogen-bond acceptors (Lipinski definition) is 4. The number of carbonyl (C=O) groups excluding carboxylic acids is 1. The first-order chi connectivity index (χ1) is 15.2. The van der Waals surface area contributed by atoms with Crippen LogP contribution in [0.4, 0.5) is 5.69 Å². The zero-order valence-corrected chi connectivity index (χ0v) is 17.6. The summed E-state index contributed by atoms with van der Waals surface area (Å²) in [4.78, 5) is 12.5. The van der Waals surface area contributed by atoms with Gasteiger partial charge in [-0.2, -0.15) is 0 Å². The van der Waals surface area contributed by atoms with E-state index in [-0.39, 0.29) is 11.8 Å². The van der Waals surface area contributed by atoms with Crippen LogP contribution in [0, 0.1) is 0 Å². The average molecular weight is 416 g/mol. The molecule has 2 atom stereocenters. The molecule has 0 saturated carbocycles. The summed E-state index contributed by atoms with van der Waals surface area (Å²) in [6, 6.07) is 25.8. The van der Waals surface area contributed by atoms with Crippen molar-refractivity contribution in [3.63, 3.8) is 0 Å². The number of fused-ring (bicyclic) bond motifs is 1. The average Bonchev–Trinajstić information content (AvgIpc) is 3.21. The second-order valence-electron chi connectivity index (χ2n) is 7.97. The van der Waals surface area contributed by atoms with Gasteiger partial charge in [-0.1, -0.05) is 60.7 Å². The number of nitrogens with two attached hydrogens (primary N) is 1. The van der Waals surface area contributed by atoms with Gasteiger partial charge in [0.15, 0.2) is 0 Å². The van der Waals surface area contributed by atoms with Crippen molar-refractivity contribution in [2.45, 2.75) is 31.4 Å². The lowest BCUT2D eigenvalue weighted by molar-refractivity contribution is -0.122. The predicted molar refractivity (Wildman–Crippen MR) is 124 cm³/mol. The van der Waals surface area contributed by atoms with Crippen molar-refractivity contribution in [1.82, 2.24) is 5.32 Å². The van der Waals surface area contributed by atoms with Crippen molar-refractivity contribution in [3.05, 3.63) is 95.6 Å². The molecule has 5 nitrogen and oxygen atoms in total. The largest absolute Gasteiger partial charge is 0.489 e. The van der Waals surface area contributed by atoms with Crippen molar-refractivity contribution in [2.75, 3.05) is 18.4 Å². The molecule has 0 bridgehead atoms. The summed E-state index contributed by atoms with van der Waals surface area (Å²) in [7, 11) is 0. The maximum absolute atomic E-state index is 12.5. The van der Waals surface area contributed by atoms with Gasteiger partial charge in [-0.25, -0.2) is 0 Å². The minimum Gasteiger partial charge on any atom is -0.489 e. The summed E-state index contributed by atoms with van der Waals surface area (Å²) in [5, 5.41) is 6.37. The molecule has 5 heteroatoms. The van der Waals surface area contributed by atoms with Crippen LogP contribution in [0.5, 0.6) is 5.75 Å². The second kappa shape index (κ2) is 10.1. The molecule has 0 spiro atoms. The normalized spacial score (nSPS) is 15.6. The van der Waals surface area contributed by atoms with Crippen molar-refractivity contribution in [1.29, 1.82) is 0 Å². The number of para-hydroxylation sites is 1. The molecule has 1 aliphatic heterocycles. The SMILES string of the molecule is N[C@@H](CC1CNc2ccccc21)C(=O)NCCc1cccc(OCc2ccccc2)c1. The highest BCUT2D eigenvalue weighted by atomic mass is 16.5. The third kappa shape index (κ3) is 5.64. The summed E-state index contributed by atoms with van der Waals surface area (Å²) in [5.74, 6) is 1.01. The van der Waals surface area contributed by atoms with Gasteiger partial charge in [-0.3, -0.25) is 4.79 Å². The van der Waals surface area contributed by atoms with Gasteiger partial charge in [0, 0.05) is 24.7 Å². The number of carbonyl (C=O) groups is 1. The molecule has 160 valence electrons. The van der Waals surface area contributed by atoms with Gasteiger partial charge < -0.3 is 21.1 Å². The number of ether oxygens (including phenoxy) is 1. The minimum atomic E-state index is -0.515. The molecule has 0 aliphatic carbocycles. The topological polar surface area (TPSA) is 76.4 Å². The Kier molecular flexibility index (Phi) is 6.85. The van der Waals surface area contributed by atoms with Crippen LogP contribution in [0.1, 0.15) is 29.0 Å². The van der Waals surface area contributed by atoms with Gasteiger partial charge in [0.1, 0.15) is 12.4 Å². The van der Waals surface area contributed by atoms with E-state index in [1.54, 1.807) is 0 Å². The van der Waals surface area contributed by atoms with Crippen LogP contribution in [0.15, 0.2) is 78.9 Å². The molecule has 4 rings (SSSR count). The first-order valence-electron chi connectivity index (χ1n) is 10.8. The summed E-state index contributed by atoms with van der Waals surface area (Å²) < 4.78 is 5.89. The maximum Gasteiger partial charge on any atom is 0.236 e. The molecule has 0 fully saturated rings. The Morgan fingerprint density at radius 1 is 1.03 bits per heavy atom. The number of hydrogen-bond donors (Lipinski definition) is 3. The molecular weight excluding hydrogens is 386 g/mol. The molecular formula is C26H29N3O2. The van der Waals surface area contributed by atoms with E-state index in [9.17, 15) is 4.79 Å². The predicted octanol–water partition coefficient (Wildman–Crippen LogP) is 3.85. The molecule has 1 unspecified atom stereocenters. The van der Waals surface area contributed by atoms with Crippen LogP contribution in [-0.2, 0) is 17.8 Å². The monoisotopic (exact) mass is 415 g/mol. The molecule has 0 saturated heterocycles. The smallest absolute Gasteiger partial charge is 0.236 e. The van der Waals surface area contributed by atoms with Crippen molar-refractivity contribution >= 4 is 11.6 Å². The highest BCUT2D eigenvalue weighted by Crippen LogP contribution is 2.33. The van der Waals surface area contributed by atoms with E-state index >= 15 is 0 Å². The summed E-state index contributed by atoms with van der Waals surface area (Å²) in [5.41, 5.74) is 10.8. The Hall–Kier alpha value is -3.31. The highest BCUT2D eigenvalue weighted by Gasteiger charge is 2.26. The number of amides is 1. The number of rotatable bonds is 9. The lowest BCUT2D eigenvalue weighted by atomic mass is 9.94. The standard InChI is InChI=1S/C26H29N3O2/c27-24(16-21-17-29-25-12-5-4-11-23(21)25)26(30)28-14-13-19-9-6-10-22(15-19)31-18-20-7-2-1-3-8-20/h1-12,15,21,24,29H,13-14,16-18,27H2,(H,28,30)/t21?,24-/m0/s1.